The van der Waals surface area contributed by atoms with Crippen molar-refractivity contribution in [3.8, 4) is 0 Å². The maximum Gasteiger partial charge on any atom is 0.335 e. The van der Waals surface area contributed by atoms with Crippen LogP contribution in [-0.4, -0.2) is 105 Å². The lowest BCUT2D eigenvalue weighted by molar-refractivity contribution is -0.165. The Bertz CT molecular complexity index is 989. The summed E-state index contributed by atoms with van der Waals surface area (Å²) in [5, 5.41) is 65.1. The number of carbonyl (C=O) groups is 5. The zero-order valence-corrected chi connectivity index (χ0v) is 19.4. The smallest absolute Gasteiger partial charge is 0.335 e. The van der Waals surface area contributed by atoms with Crippen LogP contribution >= 0.6 is 0 Å². The molecule has 2 aromatic rings. The molecule has 0 spiro atoms. The fraction of sp³-hybridized carbons (Fsp3) is 0.318. The largest absolute Gasteiger partial charge is 0.479 e. The number of carboxylic acid groups (broad SMARTS) is 4. The Hall–Kier alpha value is -4.31. The van der Waals surface area contributed by atoms with E-state index in [1.807, 2.05) is 26.0 Å². The molecule has 15 nitrogen and oxygen atoms in total. The Labute approximate surface area is 208 Å². The molecule has 0 fully saturated rings. The van der Waals surface area contributed by atoms with Gasteiger partial charge in [-0.1, -0.05) is 6.07 Å². The minimum Gasteiger partial charge on any atom is -0.479 e. The lowest BCUT2D eigenvalue weighted by atomic mass is 9.79. The second kappa shape index (κ2) is 14.9. The number of aliphatic hydroxyl groups excluding tert-OH is 4. The van der Waals surface area contributed by atoms with E-state index in [2.05, 4.69) is 9.97 Å². The zero-order chi connectivity index (χ0) is 28.9. The van der Waals surface area contributed by atoms with Crippen molar-refractivity contribution in [2.24, 2.45) is 0 Å². The van der Waals surface area contributed by atoms with Gasteiger partial charge in [-0.3, -0.25) is 14.8 Å². The molecule has 0 saturated heterocycles. The molecule has 0 aliphatic heterocycles. The van der Waals surface area contributed by atoms with Gasteiger partial charge in [0.2, 0.25) is 0 Å². The SMILES string of the molecule is CC(C)(C(=O)c1cccnc1)c1cccnc1.O=C(O)[C@H](O)[C@@H](O)C(=O)O.O=C(O)[C@H](O)[C@@H](O)C(=O)O. The maximum atomic E-state index is 12.4. The number of rotatable bonds is 9. The Morgan fingerprint density at radius 2 is 1.00 bits per heavy atom. The maximum absolute atomic E-state index is 12.4. The van der Waals surface area contributed by atoms with E-state index in [-0.39, 0.29) is 5.78 Å². The van der Waals surface area contributed by atoms with Crippen molar-refractivity contribution in [2.75, 3.05) is 0 Å². The molecule has 8 N–H and O–H groups in total. The predicted molar refractivity (Wildman–Crippen MR) is 120 cm³/mol. The highest BCUT2D eigenvalue weighted by molar-refractivity contribution is 6.03. The van der Waals surface area contributed by atoms with Crippen molar-refractivity contribution in [3.05, 3.63) is 60.2 Å². The van der Waals surface area contributed by atoms with Crippen LogP contribution in [0.2, 0.25) is 0 Å². The second-order valence-electron chi connectivity index (χ2n) is 7.57. The number of ketones is 1. The Morgan fingerprint density at radius 1 is 0.649 bits per heavy atom. The fourth-order valence-corrected chi connectivity index (χ4v) is 2.26. The first-order valence-electron chi connectivity index (χ1n) is 10.0. The van der Waals surface area contributed by atoms with Crippen LogP contribution < -0.4 is 0 Å². The summed E-state index contributed by atoms with van der Waals surface area (Å²) in [7, 11) is 0. The van der Waals surface area contributed by atoms with Crippen LogP contribution in [-0.2, 0) is 24.6 Å². The molecule has 0 amide bonds. The van der Waals surface area contributed by atoms with Gasteiger partial charge < -0.3 is 40.9 Å². The standard InChI is InChI=1S/C14H14N2O.2C4H6O6/c1-14(2,12-6-4-8-16-10-12)13(17)11-5-3-7-15-9-11;2*5-1(3(7)8)2(6)4(9)10/h3-10H,1-2H3;2*1-2,5-6H,(H,7,8)(H,9,10)/t;2*1-,2-/m.11/s1. The number of hydrogen-bond acceptors (Lipinski definition) is 11. The highest BCUT2D eigenvalue weighted by atomic mass is 16.4. The first-order chi connectivity index (χ1) is 17.0. The number of hydrogen-bond donors (Lipinski definition) is 8. The molecule has 0 saturated carbocycles. The summed E-state index contributed by atoms with van der Waals surface area (Å²) in [6.07, 6.45) is -2.37. The van der Waals surface area contributed by atoms with Crippen LogP contribution in [0.1, 0.15) is 29.8 Å². The summed E-state index contributed by atoms with van der Waals surface area (Å²) in [6, 6.07) is 7.31. The van der Waals surface area contributed by atoms with Gasteiger partial charge in [0.1, 0.15) is 0 Å². The van der Waals surface area contributed by atoms with E-state index in [0.29, 0.717) is 5.56 Å². The third-order valence-electron chi connectivity index (χ3n) is 4.48. The van der Waals surface area contributed by atoms with Crippen LogP contribution in [0.5, 0.6) is 0 Å². The topological polar surface area (TPSA) is 273 Å². The van der Waals surface area contributed by atoms with Gasteiger partial charge in [-0.05, 0) is 37.6 Å². The van der Waals surface area contributed by atoms with Crippen LogP contribution in [0.25, 0.3) is 0 Å². The summed E-state index contributed by atoms with van der Waals surface area (Å²) >= 11 is 0. The summed E-state index contributed by atoms with van der Waals surface area (Å²) in [4.78, 5) is 59.5. The number of carbonyl (C=O) groups excluding carboxylic acids is 1. The van der Waals surface area contributed by atoms with E-state index in [1.54, 1.807) is 36.9 Å². The third kappa shape index (κ3) is 10.5. The van der Waals surface area contributed by atoms with Gasteiger partial charge in [-0.2, -0.15) is 0 Å². The van der Waals surface area contributed by atoms with Crippen molar-refractivity contribution in [3.63, 3.8) is 0 Å². The molecular weight excluding hydrogens is 500 g/mol. The molecule has 0 radical (unpaired) electrons. The quantitative estimate of drug-likeness (QED) is 0.171. The molecule has 0 aromatic carbocycles. The number of aromatic nitrogens is 2. The average Bonchev–Trinajstić information content (AvgIpc) is 2.87. The van der Waals surface area contributed by atoms with Gasteiger partial charge >= 0.3 is 23.9 Å². The summed E-state index contributed by atoms with van der Waals surface area (Å²) in [6.45, 7) is 3.80. The zero-order valence-electron chi connectivity index (χ0n) is 19.4. The van der Waals surface area contributed by atoms with E-state index in [9.17, 15) is 24.0 Å². The number of aliphatic carboxylic acids is 4. The average molecular weight is 526 g/mol. The lowest BCUT2D eigenvalue weighted by Gasteiger charge is -2.23. The number of Topliss-reactive ketones (excluding diaryl/α,β-unsaturated/α-hetero) is 1. The third-order valence-corrected chi connectivity index (χ3v) is 4.48. The number of aliphatic hydroxyl groups is 4. The number of pyridine rings is 2. The van der Waals surface area contributed by atoms with Crippen LogP contribution in [0.15, 0.2) is 49.1 Å². The molecule has 2 aromatic heterocycles. The van der Waals surface area contributed by atoms with E-state index in [1.165, 1.54) is 0 Å². The van der Waals surface area contributed by atoms with E-state index < -0.39 is 53.7 Å². The van der Waals surface area contributed by atoms with E-state index >= 15 is 0 Å². The van der Waals surface area contributed by atoms with Gasteiger partial charge in [-0.15, -0.1) is 0 Å². The van der Waals surface area contributed by atoms with Gasteiger partial charge in [0.25, 0.3) is 0 Å². The molecule has 0 bridgehead atoms. The van der Waals surface area contributed by atoms with Crippen molar-refractivity contribution < 1.29 is 64.8 Å². The summed E-state index contributed by atoms with van der Waals surface area (Å²) in [5.74, 6) is -7.02. The van der Waals surface area contributed by atoms with Crippen LogP contribution in [0.4, 0.5) is 0 Å². The normalized spacial score (nSPS) is 13.7. The molecule has 2 heterocycles. The molecule has 202 valence electrons. The number of carboxylic acids is 4. The fourth-order valence-electron chi connectivity index (χ4n) is 2.26. The molecule has 0 aliphatic rings. The summed E-state index contributed by atoms with van der Waals surface area (Å²) < 4.78 is 0. The van der Waals surface area contributed by atoms with Crippen molar-refractivity contribution >= 4 is 29.7 Å². The predicted octanol–water partition coefficient (Wildman–Crippen LogP) is -1.61. The monoisotopic (exact) mass is 526 g/mol. The van der Waals surface area contributed by atoms with Crippen molar-refractivity contribution in [2.45, 2.75) is 43.7 Å². The molecule has 15 heteroatoms. The Balaban J connectivity index is 0.000000564. The second-order valence-corrected chi connectivity index (χ2v) is 7.57. The minimum atomic E-state index is -2.27. The molecule has 37 heavy (non-hydrogen) atoms. The van der Waals surface area contributed by atoms with Gasteiger partial charge in [0.15, 0.2) is 30.2 Å². The number of nitrogens with zero attached hydrogens (tertiary/aromatic N) is 2. The Morgan fingerprint density at radius 3 is 1.27 bits per heavy atom. The minimum absolute atomic E-state index is 0.0543. The molecule has 0 unspecified atom stereocenters. The van der Waals surface area contributed by atoms with Crippen molar-refractivity contribution in [1.29, 1.82) is 0 Å². The van der Waals surface area contributed by atoms with Gasteiger partial charge in [0.05, 0.1) is 5.41 Å². The van der Waals surface area contributed by atoms with Crippen molar-refractivity contribution in [1.82, 2.24) is 9.97 Å². The lowest BCUT2D eigenvalue weighted by Crippen LogP contribution is -2.39. The highest BCUT2D eigenvalue weighted by Crippen LogP contribution is 2.26. The highest BCUT2D eigenvalue weighted by Gasteiger charge is 2.31. The Kier molecular flexibility index (Phi) is 13.2. The van der Waals surface area contributed by atoms with E-state index in [4.69, 9.17) is 40.9 Å². The molecule has 2 rings (SSSR count). The van der Waals surface area contributed by atoms with E-state index in [0.717, 1.165) is 5.56 Å². The van der Waals surface area contributed by atoms with Gasteiger partial charge in [0, 0.05) is 30.4 Å². The van der Waals surface area contributed by atoms with Gasteiger partial charge in [-0.25, -0.2) is 19.2 Å². The van der Waals surface area contributed by atoms with Crippen LogP contribution in [0.3, 0.4) is 0 Å². The molecular formula is C22H26N2O13. The summed E-state index contributed by atoms with van der Waals surface area (Å²) in [5.41, 5.74) is 0.951. The molecule has 0 aliphatic carbocycles. The molecule has 4 atom stereocenters. The van der Waals surface area contributed by atoms with Crippen LogP contribution in [0, 0.1) is 0 Å². The first kappa shape index (κ1) is 32.7. The first-order valence-corrected chi connectivity index (χ1v) is 10.0.